The third kappa shape index (κ3) is 4.22. The standard InChI is InChI=1S/C22H16ClN3OS/c23-18-11-4-5-12-19(18)26-22(27)24-17-10-6-9-16(13-17)20-14-28-21(25-20)15-7-2-1-3-8-15/h1-14H,(H2,24,26,27). The van der Waals surface area contributed by atoms with E-state index in [9.17, 15) is 4.79 Å². The number of nitrogens with one attached hydrogen (secondary N) is 2. The fraction of sp³-hybridized carbons (Fsp3) is 0. The van der Waals surface area contributed by atoms with Crippen molar-refractivity contribution in [3.05, 3.63) is 89.3 Å². The molecule has 4 aromatic rings. The Morgan fingerprint density at radius 3 is 2.43 bits per heavy atom. The highest BCUT2D eigenvalue weighted by atomic mass is 35.5. The molecule has 6 heteroatoms. The van der Waals surface area contributed by atoms with Crippen molar-refractivity contribution in [3.63, 3.8) is 0 Å². The van der Waals surface area contributed by atoms with E-state index in [1.54, 1.807) is 23.5 Å². The summed E-state index contributed by atoms with van der Waals surface area (Å²) in [5.74, 6) is 0. The maximum absolute atomic E-state index is 12.3. The lowest BCUT2D eigenvalue weighted by molar-refractivity contribution is 0.262. The number of halogens is 1. The number of hydrogen-bond acceptors (Lipinski definition) is 3. The third-order valence-electron chi connectivity index (χ3n) is 4.06. The summed E-state index contributed by atoms with van der Waals surface area (Å²) >= 11 is 7.67. The summed E-state index contributed by atoms with van der Waals surface area (Å²) in [7, 11) is 0. The van der Waals surface area contributed by atoms with Crippen LogP contribution in [0.3, 0.4) is 0 Å². The van der Waals surface area contributed by atoms with Crippen molar-refractivity contribution >= 4 is 40.3 Å². The lowest BCUT2D eigenvalue weighted by Gasteiger charge is -2.09. The van der Waals surface area contributed by atoms with Crippen molar-refractivity contribution < 1.29 is 4.79 Å². The van der Waals surface area contributed by atoms with Crippen LogP contribution < -0.4 is 10.6 Å². The molecule has 1 heterocycles. The number of para-hydroxylation sites is 1. The van der Waals surface area contributed by atoms with E-state index in [1.165, 1.54) is 0 Å². The summed E-state index contributed by atoms with van der Waals surface area (Å²) < 4.78 is 0. The molecule has 4 rings (SSSR count). The van der Waals surface area contributed by atoms with Gasteiger partial charge in [-0.3, -0.25) is 0 Å². The molecule has 0 saturated heterocycles. The molecule has 0 fully saturated rings. The van der Waals surface area contributed by atoms with E-state index in [-0.39, 0.29) is 6.03 Å². The van der Waals surface area contributed by atoms with Crippen molar-refractivity contribution in [3.8, 4) is 21.8 Å². The number of rotatable bonds is 4. The highest BCUT2D eigenvalue weighted by Gasteiger charge is 2.09. The van der Waals surface area contributed by atoms with Gasteiger partial charge in [-0.05, 0) is 24.3 Å². The normalized spacial score (nSPS) is 10.5. The lowest BCUT2D eigenvalue weighted by atomic mass is 10.1. The number of anilines is 2. The van der Waals surface area contributed by atoms with Crippen LogP contribution >= 0.6 is 22.9 Å². The predicted octanol–water partition coefficient (Wildman–Crippen LogP) is 6.77. The average Bonchev–Trinajstić information content (AvgIpc) is 3.21. The Bertz CT molecular complexity index is 1110. The van der Waals surface area contributed by atoms with Gasteiger partial charge in [0, 0.05) is 22.2 Å². The predicted molar refractivity (Wildman–Crippen MR) is 117 cm³/mol. The molecule has 0 radical (unpaired) electrons. The quantitative estimate of drug-likeness (QED) is 0.393. The van der Waals surface area contributed by atoms with Gasteiger partial charge in [-0.15, -0.1) is 11.3 Å². The molecule has 0 saturated carbocycles. The molecule has 0 aliphatic heterocycles. The molecule has 28 heavy (non-hydrogen) atoms. The molecule has 2 N–H and O–H groups in total. The van der Waals surface area contributed by atoms with E-state index in [2.05, 4.69) is 10.6 Å². The Balaban J connectivity index is 1.50. The fourth-order valence-corrected chi connectivity index (χ4v) is 3.74. The van der Waals surface area contributed by atoms with Crippen molar-refractivity contribution in [2.75, 3.05) is 10.6 Å². The molecule has 0 unspecified atom stereocenters. The van der Waals surface area contributed by atoms with Crippen LogP contribution in [0, 0.1) is 0 Å². The second-order valence-corrected chi connectivity index (χ2v) is 7.31. The van der Waals surface area contributed by atoms with Gasteiger partial charge >= 0.3 is 6.03 Å². The molecule has 0 atom stereocenters. The van der Waals surface area contributed by atoms with Crippen LogP contribution in [-0.4, -0.2) is 11.0 Å². The average molecular weight is 406 g/mol. The third-order valence-corrected chi connectivity index (χ3v) is 5.28. The first kappa shape index (κ1) is 18.2. The van der Waals surface area contributed by atoms with E-state index in [0.29, 0.717) is 16.4 Å². The van der Waals surface area contributed by atoms with Crippen LogP contribution in [0.25, 0.3) is 21.8 Å². The van der Waals surface area contributed by atoms with Crippen LogP contribution in [0.1, 0.15) is 0 Å². The monoisotopic (exact) mass is 405 g/mol. The number of hydrogen-bond donors (Lipinski definition) is 2. The number of nitrogens with zero attached hydrogens (tertiary/aromatic N) is 1. The number of carbonyl (C=O) groups excluding carboxylic acids is 1. The van der Waals surface area contributed by atoms with E-state index in [1.807, 2.05) is 72.1 Å². The zero-order valence-electron chi connectivity index (χ0n) is 14.7. The van der Waals surface area contributed by atoms with Gasteiger partial charge in [0.25, 0.3) is 0 Å². The number of amides is 2. The SMILES string of the molecule is O=C(Nc1cccc(-c2csc(-c3ccccc3)n2)c1)Nc1ccccc1Cl. The Hall–Kier alpha value is -3.15. The minimum absolute atomic E-state index is 0.353. The first-order valence-electron chi connectivity index (χ1n) is 8.63. The summed E-state index contributed by atoms with van der Waals surface area (Å²) in [6.07, 6.45) is 0. The van der Waals surface area contributed by atoms with Crippen molar-refractivity contribution in [2.45, 2.75) is 0 Å². The molecule has 2 amide bonds. The number of carbonyl (C=O) groups is 1. The molecule has 0 aliphatic carbocycles. The molecule has 3 aromatic carbocycles. The van der Waals surface area contributed by atoms with E-state index in [4.69, 9.17) is 16.6 Å². The Kier molecular flexibility index (Phi) is 5.37. The Morgan fingerprint density at radius 2 is 1.61 bits per heavy atom. The Labute approximate surface area is 171 Å². The largest absolute Gasteiger partial charge is 0.323 e. The zero-order valence-corrected chi connectivity index (χ0v) is 16.3. The summed E-state index contributed by atoms with van der Waals surface area (Å²) in [5, 5.41) is 9.05. The smallest absolute Gasteiger partial charge is 0.308 e. The van der Waals surface area contributed by atoms with Crippen molar-refractivity contribution in [1.29, 1.82) is 0 Å². The minimum atomic E-state index is -0.353. The van der Waals surface area contributed by atoms with Crippen molar-refractivity contribution in [1.82, 2.24) is 4.98 Å². The van der Waals surface area contributed by atoms with E-state index < -0.39 is 0 Å². The fourth-order valence-electron chi connectivity index (χ4n) is 2.72. The van der Waals surface area contributed by atoms with Gasteiger partial charge in [0.1, 0.15) is 5.01 Å². The number of thiazole rings is 1. The Morgan fingerprint density at radius 1 is 0.857 bits per heavy atom. The zero-order chi connectivity index (χ0) is 19.3. The molecular formula is C22H16ClN3OS. The molecular weight excluding hydrogens is 390 g/mol. The first-order valence-corrected chi connectivity index (χ1v) is 9.89. The number of urea groups is 1. The van der Waals surface area contributed by atoms with Crippen LogP contribution in [0.2, 0.25) is 5.02 Å². The topological polar surface area (TPSA) is 54.0 Å². The number of benzene rings is 3. The molecule has 0 spiro atoms. The molecule has 138 valence electrons. The minimum Gasteiger partial charge on any atom is -0.308 e. The van der Waals surface area contributed by atoms with Gasteiger partial charge in [0.15, 0.2) is 0 Å². The summed E-state index contributed by atoms with van der Waals surface area (Å²) in [4.78, 5) is 17.0. The molecule has 1 aromatic heterocycles. The van der Waals surface area contributed by atoms with Crippen LogP contribution in [0.5, 0.6) is 0 Å². The first-order chi connectivity index (χ1) is 13.7. The maximum Gasteiger partial charge on any atom is 0.323 e. The van der Waals surface area contributed by atoms with Crippen molar-refractivity contribution in [2.24, 2.45) is 0 Å². The maximum atomic E-state index is 12.3. The second-order valence-electron chi connectivity index (χ2n) is 6.04. The summed E-state index contributed by atoms with van der Waals surface area (Å²) in [6.45, 7) is 0. The van der Waals surface area contributed by atoms with Crippen LogP contribution in [0.15, 0.2) is 84.2 Å². The van der Waals surface area contributed by atoms with E-state index in [0.717, 1.165) is 21.8 Å². The van der Waals surface area contributed by atoms with Gasteiger partial charge in [-0.1, -0.05) is 66.2 Å². The summed E-state index contributed by atoms with van der Waals surface area (Å²) in [6, 6.07) is 24.4. The molecule has 4 nitrogen and oxygen atoms in total. The van der Waals surface area contributed by atoms with Gasteiger partial charge in [-0.2, -0.15) is 0 Å². The van der Waals surface area contributed by atoms with Crippen LogP contribution in [0.4, 0.5) is 16.2 Å². The number of aromatic nitrogens is 1. The summed E-state index contributed by atoms with van der Waals surface area (Å²) in [5.41, 5.74) is 4.14. The molecule has 0 aliphatic rings. The highest BCUT2D eigenvalue weighted by Crippen LogP contribution is 2.30. The van der Waals surface area contributed by atoms with Gasteiger partial charge in [0.2, 0.25) is 0 Å². The van der Waals surface area contributed by atoms with Gasteiger partial charge in [-0.25, -0.2) is 9.78 Å². The van der Waals surface area contributed by atoms with E-state index >= 15 is 0 Å². The highest BCUT2D eigenvalue weighted by molar-refractivity contribution is 7.13. The lowest BCUT2D eigenvalue weighted by Crippen LogP contribution is -2.19. The molecule has 0 bridgehead atoms. The second kappa shape index (κ2) is 8.25. The van der Waals surface area contributed by atoms with Gasteiger partial charge < -0.3 is 10.6 Å². The van der Waals surface area contributed by atoms with Crippen LogP contribution in [-0.2, 0) is 0 Å². The van der Waals surface area contributed by atoms with Gasteiger partial charge in [0.05, 0.1) is 16.4 Å².